The van der Waals surface area contributed by atoms with Crippen LogP contribution in [0, 0.1) is 0 Å². The predicted molar refractivity (Wildman–Crippen MR) is 124 cm³/mol. The highest BCUT2D eigenvalue weighted by molar-refractivity contribution is 7.14. The lowest BCUT2D eigenvalue weighted by Crippen LogP contribution is -2.02. The number of anilines is 1. The van der Waals surface area contributed by atoms with E-state index in [0.717, 1.165) is 29.0 Å². The molecular formula is C22H24ClN3O3S. The number of hydrogen-bond donors (Lipinski definition) is 1. The smallest absolute Gasteiger partial charge is 0.203 e. The molecule has 0 saturated carbocycles. The van der Waals surface area contributed by atoms with Crippen molar-refractivity contribution < 1.29 is 14.2 Å². The molecule has 3 aromatic rings. The Hall–Kier alpha value is -2.77. The van der Waals surface area contributed by atoms with Gasteiger partial charge < -0.3 is 14.2 Å². The maximum Gasteiger partial charge on any atom is 0.203 e. The summed E-state index contributed by atoms with van der Waals surface area (Å²) in [4.78, 5) is 4.56. The van der Waals surface area contributed by atoms with E-state index in [1.54, 1.807) is 19.4 Å². The molecule has 0 spiro atoms. The summed E-state index contributed by atoms with van der Waals surface area (Å²) in [7, 11) is 1.65. The molecule has 0 unspecified atom stereocenters. The molecule has 0 aliphatic heterocycles. The van der Waals surface area contributed by atoms with Gasteiger partial charge in [-0.25, -0.2) is 4.98 Å². The van der Waals surface area contributed by atoms with Crippen LogP contribution in [-0.4, -0.2) is 31.5 Å². The topological polar surface area (TPSA) is 65.0 Å². The normalized spacial score (nSPS) is 10.9. The van der Waals surface area contributed by atoms with Crippen molar-refractivity contribution >= 4 is 34.3 Å². The molecular weight excluding hydrogens is 422 g/mol. The Balaban J connectivity index is 1.69. The third-order valence-corrected chi connectivity index (χ3v) is 5.07. The van der Waals surface area contributed by atoms with Crippen LogP contribution in [0.3, 0.4) is 0 Å². The van der Waals surface area contributed by atoms with Crippen molar-refractivity contribution in [3.8, 4) is 28.5 Å². The third kappa shape index (κ3) is 5.64. The first-order valence-corrected chi connectivity index (χ1v) is 10.9. The number of hydrazone groups is 1. The highest BCUT2D eigenvalue weighted by atomic mass is 35.5. The number of nitrogens with one attached hydrogen (secondary N) is 1. The summed E-state index contributed by atoms with van der Waals surface area (Å²) >= 11 is 7.87. The van der Waals surface area contributed by atoms with E-state index in [1.165, 1.54) is 11.3 Å². The lowest BCUT2D eigenvalue weighted by atomic mass is 10.2. The fourth-order valence-corrected chi connectivity index (χ4v) is 3.59. The van der Waals surface area contributed by atoms with Gasteiger partial charge in [-0.05, 0) is 55.3 Å². The summed E-state index contributed by atoms with van der Waals surface area (Å²) in [5.41, 5.74) is 5.65. The van der Waals surface area contributed by atoms with Gasteiger partial charge in [0.2, 0.25) is 5.13 Å². The van der Waals surface area contributed by atoms with Crippen LogP contribution in [0.1, 0.15) is 25.8 Å². The molecule has 158 valence electrons. The Morgan fingerprint density at radius 2 is 1.97 bits per heavy atom. The summed E-state index contributed by atoms with van der Waals surface area (Å²) in [6.07, 6.45) is 2.56. The van der Waals surface area contributed by atoms with Gasteiger partial charge in [-0.15, -0.1) is 11.3 Å². The zero-order valence-corrected chi connectivity index (χ0v) is 18.7. The van der Waals surface area contributed by atoms with Crippen LogP contribution in [0.15, 0.2) is 46.9 Å². The summed E-state index contributed by atoms with van der Waals surface area (Å²) in [6.45, 7) is 5.06. The Labute approximate surface area is 185 Å². The van der Waals surface area contributed by atoms with Gasteiger partial charge >= 0.3 is 0 Å². The Morgan fingerprint density at radius 1 is 1.17 bits per heavy atom. The van der Waals surface area contributed by atoms with Gasteiger partial charge in [0.25, 0.3) is 0 Å². The number of aromatic nitrogens is 1. The standard InChI is InChI=1S/C22H24ClN3O3S/c1-4-10-29-21-18(23)11-15(12-20(21)28-5-2)13-24-26-22-25-19(14-30-22)16-6-8-17(27-3)9-7-16/h6-9,11-14H,4-5,10H2,1-3H3,(H,25,26)/b24-13-. The number of rotatable bonds is 10. The number of thiazole rings is 1. The second kappa shape index (κ2) is 10.8. The highest BCUT2D eigenvalue weighted by Gasteiger charge is 2.12. The van der Waals surface area contributed by atoms with Gasteiger partial charge in [0, 0.05) is 10.9 Å². The average Bonchev–Trinajstić information content (AvgIpc) is 3.22. The monoisotopic (exact) mass is 445 g/mol. The van der Waals surface area contributed by atoms with Crippen LogP contribution in [0.2, 0.25) is 5.02 Å². The van der Waals surface area contributed by atoms with Crippen LogP contribution in [0.4, 0.5) is 5.13 Å². The molecule has 6 nitrogen and oxygen atoms in total. The largest absolute Gasteiger partial charge is 0.497 e. The Kier molecular flexibility index (Phi) is 7.93. The van der Waals surface area contributed by atoms with Crippen molar-refractivity contribution in [3.63, 3.8) is 0 Å². The minimum Gasteiger partial charge on any atom is -0.497 e. The van der Waals surface area contributed by atoms with Gasteiger partial charge in [-0.3, -0.25) is 5.43 Å². The lowest BCUT2D eigenvalue weighted by molar-refractivity contribution is 0.277. The minimum absolute atomic E-state index is 0.492. The van der Waals surface area contributed by atoms with E-state index in [1.807, 2.05) is 49.6 Å². The van der Waals surface area contributed by atoms with E-state index in [0.29, 0.717) is 34.9 Å². The average molecular weight is 446 g/mol. The van der Waals surface area contributed by atoms with E-state index >= 15 is 0 Å². The summed E-state index contributed by atoms with van der Waals surface area (Å²) < 4.78 is 16.6. The summed E-state index contributed by atoms with van der Waals surface area (Å²) in [6, 6.07) is 11.4. The van der Waals surface area contributed by atoms with E-state index in [-0.39, 0.29) is 0 Å². The summed E-state index contributed by atoms with van der Waals surface area (Å²) in [5, 5.41) is 7.44. The van der Waals surface area contributed by atoms with Gasteiger partial charge in [0.1, 0.15) is 5.75 Å². The number of nitrogens with zero attached hydrogens (tertiary/aromatic N) is 2. The van der Waals surface area contributed by atoms with Gasteiger partial charge in [-0.1, -0.05) is 18.5 Å². The second-order valence-electron chi connectivity index (χ2n) is 6.25. The van der Waals surface area contributed by atoms with Crippen molar-refractivity contribution in [3.05, 3.63) is 52.4 Å². The van der Waals surface area contributed by atoms with Crippen LogP contribution in [0.5, 0.6) is 17.2 Å². The first-order valence-electron chi connectivity index (χ1n) is 9.62. The van der Waals surface area contributed by atoms with Crippen molar-refractivity contribution in [2.24, 2.45) is 5.10 Å². The minimum atomic E-state index is 0.492. The molecule has 0 atom stereocenters. The molecule has 1 N–H and O–H groups in total. The molecule has 0 aliphatic carbocycles. The fraction of sp³-hybridized carbons (Fsp3) is 0.273. The summed E-state index contributed by atoms with van der Waals surface area (Å²) in [5.74, 6) is 1.98. The molecule has 1 aromatic heterocycles. The molecule has 0 radical (unpaired) electrons. The van der Waals surface area contributed by atoms with E-state index in [9.17, 15) is 0 Å². The van der Waals surface area contributed by atoms with Crippen LogP contribution < -0.4 is 19.6 Å². The molecule has 0 saturated heterocycles. The molecule has 0 bridgehead atoms. The van der Waals surface area contributed by atoms with Crippen molar-refractivity contribution in [2.45, 2.75) is 20.3 Å². The van der Waals surface area contributed by atoms with Crippen molar-refractivity contribution in [1.82, 2.24) is 4.98 Å². The van der Waals surface area contributed by atoms with E-state index in [2.05, 4.69) is 15.5 Å². The number of benzene rings is 2. The van der Waals surface area contributed by atoms with Gasteiger partial charge in [-0.2, -0.15) is 5.10 Å². The maximum absolute atomic E-state index is 6.39. The van der Waals surface area contributed by atoms with E-state index in [4.69, 9.17) is 25.8 Å². The molecule has 30 heavy (non-hydrogen) atoms. The second-order valence-corrected chi connectivity index (χ2v) is 7.51. The Bertz CT molecular complexity index is 990. The molecule has 1 heterocycles. The van der Waals surface area contributed by atoms with Gasteiger partial charge in [0.15, 0.2) is 11.5 Å². The first-order chi connectivity index (χ1) is 14.6. The van der Waals surface area contributed by atoms with Crippen LogP contribution in [0.25, 0.3) is 11.3 Å². The fourth-order valence-electron chi connectivity index (χ4n) is 2.65. The zero-order chi connectivity index (χ0) is 21.3. The lowest BCUT2D eigenvalue weighted by Gasteiger charge is -2.13. The molecule has 0 fully saturated rings. The number of hydrogen-bond acceptors (Lipinski definition) is 7. The molecule has 0 aliphatic rings. The predicted octanol–water partition coefficient (Wildman–Crippen LogP) is 6.11. The maximum atomic E-state index is 6.39. The molecule has 2 aromatic carbocycles. The highest BCUT2D eigenvalue weighted by Crippen LogP contribution is 2.36. The number of methoxy groups -OCH3 is 1. The van der Waals surface area contributed by atoms with Crippen LogP contribution >= 0.6 is 22.9 Å². The Morgan fingerprint density at radius 3 is 2.67 bits per heavy atom. The molecule has 8 heteroatoms. The van der Waals surface area contributed by atoms with Crippen molar-refractivity contribution in [1.29, 1.82) is 0 Å². The quantitative estimate of drug-likeness (QED) is 0.301. The molecule has 0 amide bonds. The number of halogens is 1. The van der Waals surface area contributed by atoms with E-state index < -0.39 is 0 Å². The third-order valence-electron chi connectivity index (χ3n) is 4.05. The SMILES string of the molecule is CCCOc1c(Cl)cc(/C=N\Nc2nc(-c3ccc(OC)cc3)cs2)cc1OCC. The number of ether oxygens (including phenoxy) is 3. The first kappa shape index (κ1) is 21.9. The van der Waals surface area contributed by atoms with Crippen LogP contribution in [-0.2, 0) is 0 Å². The zero-order valence-electron chi connectivity index (χ0n) is 17.1. The van der Waals surface area contributed by atoms with Crippen molar-refractivity contribution in [2.75, 3.05) is 25.7 Å². The van der Waals surface area contributed by atoms with Gasteiger partial charge in [0.05, 0.1) is 37.3 Å². The molecule has 3 rings (SSSR count).